The smallest absolute Gasteiger partial charge is 0.411 e. The second kappa shape index (κ2) is 22.2. The summed E-state index contributed by atoms with van der Waals surface area (Å²) < 4.78 is 18.2. The Balaban J connectivity index is 1.75. The lowest BCUT2D eigenvalue weighted by Gasteiger charge is -2.15. The van der Waals surface area contributed by atoms with Gasteiger partial charge in [-0.1, -0.05) is 79.8 Å². The van der Waals surface area contributed by atoms with E-state index in [9.17, 15) is 14.0 Å². The van der Waals surface area contributed by atoms with Gasteiger partial charge in [0.25, 0.3) is 0 Å². The van der Waals surface area contributed by atoms with Crippen LogP contribution in [-0.2, 0) is 16.1 Å². The van der Waals surface area contributed by atoms with Gasteiger partial charge in [0, 0.05) is 18.7 Å². The maximum Gasteiger partial charge on any atom is 0.411 e. The highest BCUT2D eigenvalue weighted by Crippen LogP contribution is 2.27. The van der Waals surface area contributed by atoms with Crippen molar-refractivity contribution >= 4 is 29.1 Å². The maximum atomic E-state index is 13.2. The van der Waals surface area contributed by atoms with Crippen LogP contribution in [0.15, 0.2) is 103 Å². The normalized spacial score (nSPS) is 11.8. The number of hydrogen-bond donors (Lipinski definition) is 3. The minimum Gasteiger partial charge on any atom is -0.450 e. The molecule has 0 aliphatic heterocycles. The van der Waals surface area contributed by atoms with E-state index in [1.807, 2.05) is 0 Å². The number of unbranched alkanes of at least 4 members (excludes halogenated alkanes) is 1. The van der Waals surface area contributed by atoms with Crippen LogP contribution in [0.2, 0.25) is 0 Å². The van der Waals surface area contributed by atoms with Gasteiger partial charge in [-0.25, -0.2) is 9.18 Å². The largest absolute Gasteiger partial charge is 0.450 e. The molecule has 2 aromatic rings. The number of rotatable bonds is 19. The molecule has 2 amide bonds. The molecular weight excluding hydrogens is 541 g/mol. The minimum atomic E-state index is -0.594. The van der Waals surface area contributed by atoms with Crippen LogP contribution in [0.5, 0.6) is 0 Å². The number of halogens is 1. The van der Waals surface area contributed by atoms with Crippen LogP contribution < -0.4 is 16.0 Å². The summed E-state index contributed by atoms with van der Waals surface area (Å²) in [6, 6.07) is 11.5. The first-order chi connectivity index (χ1) is 21.0. The number of ether oxygens (including phenoxy) is 1. The van der Waals surface area contributed by atoms with Crippen molar-refractivity contribution in [2.75, 3.05) is 22.6 Å². The predicted octanol–water partition coefficient (Wildman–Crippen LogP) is 9.87. The van der Waals surface area contributed by atoms with Gasteiger partial charge >= 0.3 is 6.09 Å². The number of nitrogens with one attached hydrogen (secondary N) is 3. The molecule has 0 atom stereocenters. The van der Waals surface area contributed by atoms with E-state index in [0.717, 1.165) is 49.8 Å². The van der Waals surface area contributed by atoms with Crippen LogP contribution in [0.1, 0.15) is 70.8 Å². The van der Waals surface area contributed by atoms with Crippen molar-refractivity contribution in [1.29, 1.82) is 0 Å². The number of carbonyl (C=O) groups excluding carboxylic acids is 2. The highest BCUT2D eigenvalue weighted by Gasteiger charge is 2.11. The van der Waals surface area contributed by atoms with E-state index in [4.69, 9.17) is 4.74 Å². The maximum absolute atomic E-state index is 13.2. The molecule has 6 nitrogen and oxygen atoms in total. The van der Waals surface area contributed by atoms with E-state index in [1.54, 1.807) is 37.3 Å². The molecule has 2 aromatic carbocycles. The Kier molecular flexibility index (Phi) is 18.0. The Bertz CT molecular complexity index is 1250. The van der Waals surface area contributed by atoms with Crippen molar-refractivity contribution < 1.29 is 18.7 Å². The molecule has 0 saturated carbocycles. The molecule has 3 N–H and O–H groups in total. The summed E-state index contributed by atoms with van der Waals surface area (Å²) in [5, 5.41) is 8.85. The summed E-state index contributed by atoms with van der Waals surface area (Å²) in [4.78, 5) is 24.7. The standard InChI is InChI=1S/C36H46FN3O3/c1-3-5-6-7-8-9-10-11-12-13-14-15-16-17-18-19-20-21-35(41)39-34-28-32(26-27-33(34)40-36(42)43-4-2)38-29-30-22-24-31(37)25-23-30/h5-6,8-9,11-12,14-15,17-18,22-28,38H,3-4,7,10,13,16,19-21,29H2,1-2H3,(H,39,41)(H,40,42)/b6-5-,9-8-,12-11-,15-14-,18-17-. The van der Waals surface area contributed by atoms with Gasteiger partial charge in [0.15, 0.2) is 0 Å². The van der Waals surface area contributed by atoms with Crippen molar-refractivity contribution in [2.24, 2.45) is 0 Å². The van der Waals surface area contributed by atoms with Gasteiger partial charge in [-0.2, -0.15) is 0 Å². The number of carbonyl (C=O) groups is 2. The minimum absolute atomic E-state index is 0.144. The highest BCUT2D eigenvalue weighted by molar-refractivity contribution is 5.98. The first-order valence-electron chi connectivity index (χ1n) is 15.1. The van der Waals surface area contributed by atoms with Gasteiger partial charge in [-0.05, 0) is 87.8 Å². The molecule has 0 radical (unpaired) electrons. The number of allylic oxidation sites excluding steroid dienone is 10. The predicted molar refractivity (Wildman–Crippen MR) is 178 cm³/mol. The zero-order valence-electron chi connectivity index (χ0n) is 25.5. The Labute approximate surface area is 256 Å². The van der Waals surface area contributed by atoms with E-state index in [2.05, 4.69) is 83.6 Å². The highest BCUT2D eigenvalue weighted by atomic mass is 19.1. The summed E-state index contributed by atoms with van der Waals surface area (Å²) in [6.07, 6.45) is 27.7. The average molecular weight is 588 g/mol. The molecule has 2 rings (SSSR count). The second-order valence-corrected chi connectivity index (χ2v) is 9.73. The molecule has 0 saturated heterocycles. The molecule has 0 fully saturated rings. The van der Waals surface area contributed by atoms with Crippen LogP contribution in [0.3, 0.4) is 0 Å². The van der Waals surface area contributed by atoms with Crippen LogP contribution in [0, 0.1) is 5.82 Å². The van der Waals surface area contributed by atoms with Gasteiger partial charge in [0.2, 0.25) is 5.91 Å². The number of anilines is 3. The molecule has 0 spiro atoms. The zero-order chi connectivity index (χ0) is 31.0. The van der Waals surface area contributed by atoms with Crippen molar-refractivity contribution in [3.05, 3.63) is 115 Å². The fourth-order valence-electron chi connectivity index (χ4n) is 3.91. The Morgan fingerprint density at radius 3 is 1.95 bits per heavy atom. The Morgan fingerprint density at radius 2 is 1.35 bits per heavy atom. The Morgan fingerprint density at radius 1 is 0.744 bits per heavy atom. The molecule has 0 bridgehead atoms. The SMILES string of the molecule is CC/C=C\C/C=C\C/C=C\C/C=C\C/C=C\CCCC(=O)Nc1cc(NCc2ccc(F)cc2)ccc1NC(=O)OCC. The number of amides is 2. The first-order valence-corrected chi connectivity index (χ1v) is 15.1. The van der Waals surface area contributed by atoms with Crippen LogP contribution >= 0.6 is 0 Å². The molecule has 230 valence electrons. The van der Waals surface area contributed by atoms with Crippen molar-refractivity contribution in [3.63, 3.8) is 0 Å². The Hall–Kier alpha value is -4.39. The quantitative estimate of drug-likeness (QED) is 0.113. The van der Waals surface area contributed by atoms with Crippen molar-refractivity contribution in [3.8, 4) is 0 Å². The van der Waals surface area contributed by atoms with Gasteiger partial charge in [0.1, 0.15) is 5.82 Å². The monoisotopic (exact) mass is 587 g/mol. The molecular formula is C36H46FN3O3. The average Bonchev–Trinajstić information content (AvgIpc) is 2.99. The zero-order valence-corrected chi connectivity index (χ0v) is 25.5. The summed E-state index contributed by atoms with van der Waals surface area (Å²) in [6.45, 7) is 4.58. The van der Waals surface area contributed by atoms with E-state index in [0.29, 0.717) is 30.8 Å². The molecule has 7 heteroatoms. The van der Waals surface area contributed by atoms with E-state index >= 15 is 0 Å². The molecule has 0 unspecified atom stereocenters. The third-order valence-corrected chi connectivity index (χ3v) is 6.15. The van der Waals surface area contributed by atoms with Crippen molar-refractivity contribution in [2.45, 2.75) is 71.8 Å². The van der Waals surface area contributed by atoms with Gasteiger partial charge < -0.3 is 15.4 Å². The van der Waals surface area contributed by atoms with Gasteiger partial charge in [0.05, 0.1) is 18.0 Å². The molecule has 0 aromatic heterocycles. The van der Waals surface area contributed by atoms with E-state index in [1.165, 1.54) is 12.1 Å². The van der Waals surface area contributed by atoms with Gasteiger partial charge in [-0.15, -0.1) is 0 Å². The summed E-state index contributed by atoms with van der Waals surface area (Å²) in [5.41, 5.74) is 2.57. The van der Waals surface area contributed by atoms with Crippen LogP contribution in [0.4, 0.5) is 26.2 Å². The number of hydrogen-bond acceptors (Lipinski definition) is 4. The van der Waals surface area contributed by atoms with Crippen LogP contribution in [0.25, 0.3) is 0 Å². The third kappa shape index (κ3) is 16.6. The van der Waals surface area contributed by atoms with Crippen LogP contribution in [-0.4, -0.2) is 18.6 Å². The first kappa shape index (κ1) is 34.8. The van der Waals surface area contributed by atoms with Crippen molar-refractivity contribution in [1.82, 2.24) is 0 Å². The van der Waals surface area contributed by atoms with Gasteiger partial charge in [-0.3, -0.25) is 10.1 Å². The third-order valence-electron chi connectivity index (χ3n) is 6.15. The topological polar surface area (TPSA) is 79.5 Å². The van der Waals surface area contributed by atoms with E-state index in [-0.39, 0.29) is 18.3 Å². The lowest BCUT2D eigenvalue weighted by Crippen LogP contribution is -2.17. The van der Waals surface area contributed by atoms with E-state index < -0.39 is 6.09 Å². The second-order valence-electron chi connectivity index (χ2n) is 9.73. The summed E-state index contributed by atoms with van der Waals surface area (Å²) in [7, 11) is 0. The lowest BCUT2D eigenvalue weighted by atomic mass is 10.1. The summed E-state index contributed by atoms with van der Waals surface area (Å²) in [5.74, 6) is -0.431. The molecule has 43 heavy (non-hydrogen) atoms. The fourth-order valence-corrected chi connectivity index (χ4v) is 3.91. The molecule has 0 aliphatic rings. The number of benzene rings is 2. The fraction of sp³-hybridized carbons (Fsp3) is 0.333. The lowest BCUT2D eigenvalue weighted by molar-refractivity contribution is -0.116. The molecule has 0 aliphatic carbocycles. The molecule has 0 heterocycles. The summed E-state index contributed by atoms with van der Waals surface area (Å²) >= 11 is 0.